The Hall–Kier alpha value is -2.64. The van der Waals surface area contributed by atoms with Gasteiger partial charge in [-0.25, -0.2) is 8.42 Å². The molecule has 1 heterocycles. The number of anilines is 2. The van der Waals surface area contributed by atoms with E-state index >= 15 is 0 Å². The Labute approximate surface area is 184 Å². The molecule has 4 rings (SSSR count). The van der Waals surface area contributed by atoms with Gasteiger partial charge in [0.1, 0.15) is 6.54 Å². The molecule has 0 aromatic heterocycles. The fourth-order valence-corrected chi connectivity index (χ4v) is 5.97. The first-order valence-corrected chi connectivity index (χ1v) is 11.7. The number of rotatable bonds is 3. The third-order valence-electron chi connectivity index (χ3n) is 5.20. The van der Waals surface area contributed by atoms with Crippen molar-refractivity contribution in [2.24, 2.45) is 0 Å². The van der Waals surface area contributed by atoms with Crippen molar-refractivity contribution >= 4 is 43.2 Å². The fraction of sp³-hybridized carbons (Fsp3) is 0.174. The van der Waals surface area contributed by atoms with Crippen molar-refractivity contribution < 1.29 is 13.2 Å². The molecular weight excluding hydrogens is 464 g/mol. The molecule has 0 spiro atoms. The third-order valence-corrected chi connectivity index (χ3v) is 7.51. The van der Waals surface area contributed by atoms with E-state index in [1.165, 1.54) is 4.31 Å². The van der Waals surface area contributed by atoms with Gasteiger partial charge in [-0.15, -0.1) is 0 Å². The van der Waals surface area contributed by atoms with Crippen LogP contribution in [0.25, 0.3) is 11.1 Å². The minimum atomic E-state index is -3.87. The minimum absolute atomic E-state index is 0.200. The predicted octanol–water partition coefficient (Wildman–Crippen LogP) is 5.19. The van der Waals surface area contributed by atoms with Crippen LogP contribution in [0.2, 0.25) is 0 Å². The van der Waals surface area contributed by atoms with E-state index < -0.39 is 10.0 Å². The molecule has 154 valence electrons. The molecule has 3 aromatic carbocycles. The largest absolute Gasteiger partial charge is 0.324 e. The smallest absolute Gasteiger partial charge is 0.265 e. The van der Waals surface area contributed by atoms with Crippen molar-refractivity contribution in [2.45, 2.75) is 25.7 Å². The Balaban J connectivity index is 1.74. The van der Waals surface area contributed by atoms with Crippen molar-refractivity contribution in [1.29, 1.82) is 0 Å². The van der Waals surface area contributed by atoms with Gasteiger partial charge in [0.05, 0.1) is 10.6 Å². The molecule has 0 saturated carbocycles. The molecule has 1 amide bonds. The molecule has 1 N–H and O–H groups in total. The lowest BCUT2D eigenvalue weighted by Gasteiger charge is -2.31. The second-order valence-electron chi connectivity index (χ2n) is 7.49. The normalized spacial score (nSPS) is 14.1. The van der Waals surface area contributed by atoms with Crippen LogP contribution in [0.4, 0.5) is 11.4 Å². The number of carbonyl (C=O) groups excluding carboxylic acids is 1. The maximum absolute atomic E-state index is 13.4. The van der Waals surface area contributed by atoms with Gasteiger partial charge < -0.3 is 5.32 Å². The number of carbonyl (C=O) groups is 1. The maximum Gasteiger partial charge on any atom is 0.265 e. The van der Waals surface area contributed by atoms with Crippen LogP contribution in [0.5, 0.6) is 0 Å². The summed E-state index contributed by atoms with van der Waals surface area (Å²) in [6, 6.07) is 16.2. The SMILES string of the molecule is Cc1cc(C)c(NC(=O)CN2c3ccc(Br)cc3-c3ccccc3S2(=O)=O)c(C)c1. The first kappa shape index (κ1) is 20.6. The number of aryl methyl sites for hydroxylation is 3. The van der Waals surface area contributed by atoms with E-state index in [1.54, 1.807) is 30.3 Å². The summed E-state index contributed by atoms with van der Waals surface area (Å²) < 4.78 is 28.7. The Bertz CT molecular complexity index is 1260. The van der Waals surface area contributed by atoms with Gasteiger partial charge in [0.2, 0.25) is 5.91 Å². The molecule has 0 unspecified atom stereocenters. The highest BCUT2D eigenvalue weighted by Crippen LogP contribution is 2.43. The highest BCUT2D eigenvalue weighted by molar-refractivity contribution is 9.10. The summed E-state index contributed by atoms with van der Waals surface area (Å²) in [5, 5.41) is 2.90. The van der Waals surface area contributed by atoms with E-state index in [-0.39, 0.29) is 17.3 Å². The first-order chi connectivity index (χ1) is 14.2. The van der Waals surface area contributed by atoms with Crippen LogP contribution >= 0.6 is 15.9 Å². The summed E-state index contributed by atoms with van der Waals surface area (Å²) in [4.78, 5) is 13.1. The molecule has 0 fully saturated rings. The maximum atomic E-state index is 13.4. The van der Waals surface area contributed by atoms with E-state index in [0.29, 0.717) is 11.3 Å². The quantitative estimate of drug-likeness (QED) is 0.556. The second-order valence-corrected chi connectivity index (χ2v) is 10.2. The number of halogens is 1. The molecule has 0 saturated heterocycles. The van der Waals surface area contributed by atoms with E-state index in [0.717, 1.165) is 32.4 Å². The Morgan fingerprint density at radius 2 is 1.63 bits per heavy atom. The third kappa shape index (κ3) is 3.52. The number of nitrogens with one attached hydrogen (secondary N) is 1. The standard InChI is InChI=1S/C23H21BrN2O3S/c1-14-10-15(2)23(16(3)11-14)25-22(27)13-26-20-9-8-17(24)12-19(20)18-6-4-5-7-21(18)30(26,28)29/h4-12H,13H2,1-3H3,(H,25,27). The van der Waals surface area contributed by atoms with Gasteiger partial charge in [-0.2, -0.15) is 0 Å². The lowest BCUT2D eigenvalue weighted by Crippen LogP contribution is -2.40. The molecule has 30 heavy (non-hydrogen) atoms. The summed E-state index contributed by atoms with van der Waals surface area (Å²) in [5.74, 6) is -0.387. The molecular formula is C23H21BrN2O3S. The van der Waals surface area contributed by atoms with Gasteiger partial charge in [-0.3, -0.25) is 9.10 Å². The van der Waals surface area contributed by atoms with Gasteiger partial charge in [-0.1, -0.05) is 51.8 Å². The lowest BCUT2D eigenvalue weighted by molar-refractivity contribution is -0.114. The molecule has 1 aliphatic rings. The number of benzene rings is 3. The highest BCUT2D eigenvalue weighted by atomic mass is 79.9. The average Bonchev–Trinajstić information content (AvgIpc) is 2.68. The first-order valence-electron chi connectivity index (χ1n) is 9.48. The number of hydrogen-bond donors (Lipinski definition) is 1. The van der Waals surface area contributed by atoms with E-state index in [2.05, 4.69) is 21.2 Å². The van der Waals surface area contributed by atoms with Crippen LogP contribution < -0.4 is 9.62 Å². The van der Waals surface area contributed by atoms with Crippen molar-refractivity contribution in [3.8, 4) is 11.1 Å². The van der Waals surface area contributed by atoms with Crippen molar-refractivity contribution in [1.82, 2.24) is 0 Å². The summed E-state index contributed by atoms with van der Waals surface area (Å²) in [6.07, 6.45) is 0. The van der Waals surface area contributed by atoms with Crippen LogP contribution in [-0.2, 0) is 14.8 Å². The summed E-state index contributed by atoms with van der Waals surface area (Å²) in [7, 11) is -3.87. The topological polar surface area (TPSA) is 66.5 Å². The van der Waals surface area contributed by atoms with Gasteiger partial charge in [-0.05, 0) is 56.2 Å². The molecule has 0 radical (unpaired) electrons. The molecule has 0 bridgehead atoms. The van der Waals surface area contributed by atoms with Crippen molar-refractivity contribution in [3.05, 3.63) is 75.8 Å². The number of fused-ring (bicyclic) bond motifs is 3. The summed E-state index contributed by atoms with van der Waals surface area (Å²) in [5.41, 5.74) is 5.61. The van der Waals surface area contributed by atoms with Crippen LogP contribution in [0.1, 0.15) is 16.7 Å². The zero-order valence-electron chi connectivity index (χ0n) is 16.9. The zero-order valence-corrected chi connectivity index (χ0v) is 19.3. The molecule has 5 nitrogen and oxygen atoms in total. The van der Waals surface area contributed by atoms with Gasteiger partial charge in [0, 0.05) is 21.3 Å². The van der Waals surface area contributed by atoms with E-state index in [4.69, 9.17) is 0 Å². The Morgan fingerprint density at radius 1 is 0.967 bits per heavy atom. The molecule has 3 aromatic rings. The van der Waals surface area contributed by atoms with Crippen LogP contribution in [0, 0.1) is 20.8 Å². The number of sulfonamides is 1. The predicted molar refractivity (Wildman–Crippen MR) is 123 cm³/mol. The molecule has 0 atom stereocenters. The monoisotopic (exact) mass is 484 g/mol. The van der Waals surface area contributed by atoms with Crippen LogP contribution in [-0.4, -0.2) is 20.9 Å². The summed E-state index contributed by atoms with van der Waals surface area (Å²) >= 11 is 3.46. The Kier molecular flexibility index (Phi) is 5.20. The second kappa shape index (κ2) is 7.56. The summed E-state index contributed by atoms with van der Waals surface area (Å²) in [6.45, 7) is 5.54. The number of hydrogen-bond acceptors (Lipinski definition) is 3. The van der Waals surface area contributed by atoms with E-state index in [9.17, 15) is 13.2 Å². The Morgan fingerprint density at radius 3 is 2.33 bits per heavy atom. The highest BCUT2D eigenvalue weighted by Gasteiger charge is 2.36. The molecule has 0 aliphatic carbocycles. The van der Waals surface area contributed by atoms with Gasteiger partial charge >= 0.3 is 0 Å². The molecule has 1 aliphatic heterocycles. The van der Waals surface area contributed by atoms with Gasteiger partial charge in [0.15, 0.2) is 0 Å². The van der Waals surface area contributed by atoms with E-state index in [1.807, 2.05) is 45.0 Å². The lowest BCUT2D eigenvalue weighted by atomic mass is 10.0. The van der Waals surface area contributed by atoms with Crippen molar-refractivity contribution in [2.75, 3.05) is 16.2 Å². The van der Waals surface area contributed by atoms with Crippen LogP contribution in [0.15, 0.2) is 64.0 Å². The minimum Gasteiger partial charge on any atom is -0.324 e. The van der Waals surface area contributed by atoms with Gasteiger partial charge in [0.25, 0.3) is 10.0 Å². The average molecular weight is 485 g/mol. The molecule has 7 heteroatoms. The number of amides is 1. The van der Waals surface area contributed by atoms with Crippen LogP contribution in [0.3, 0.4) is 0 Å². The zero-order chi connectivity index (χ0) is 21.6. The fourth-order valence-electron chi connectivity index (χ4n) is 3.96. The number of nitrogens with zero attached hydrogens (tertiary/aromatic N) is 1. The van der Waals surface area contributed by atoms with Crippen molar-refractivity contribution in [3.63, 3.8) is 0 Å².